The molecule has 16 heavy (non-hydrogen) atoms. The number of nitrogens with zero attached hydrogens (tertiary/aromatic N) is 2. The zero-order valence-electron chi connectivity index (χ0n) is 9.98. The second-order valence-electron chi connectivity index (χ2n) is 4.27. The average molecular weight is 228 g/mol. The lowest BCUT2D eigenvalue weighted by atomic mass is 10.2. The lowest BCUT2D eigenvalue weighted by molar-refractivity contribution is -0.138. The van der Waals surface area contributed by atoms with E-state index in [0.717, 1.165) is 0 Å². The SMILES string of the molecule is CC(=O)N1CCN(C(=O)CCC(C)O)CC1. The Morgan fingerprint density at radius 1 is 1.19 bits per heavy atom. The van der Waals surface area contributed by atoms with Crippen molar-refractivity contribution >= 4 is 11.8 Å². The fourth-order valence-corrected chi connectivity index (χ4v) is 1.76. The van der Waals surface area contributed by atoms with Crippen molar-refractivity contribution in [1.29, 1.82) is 0 Å². The first-order valence-electron chi connectivity index (χ1n) is 5.72. The van der Waals surface area contributed by atoms with Crippen LogP contribution in [0.2, 0.25) is 0 Å². The number of carbonyl (C=O) groups is 2. The third kappa shape index (κ3) is 3.81. The molecule has 5 heteroatoms. The van der Waals surface area contributed by atoms with Crippen molar-refractivity contribution < 1.29 is 14.7 Å². The molecule has 0 aromatic heterocycles. The van der Waals surface area contributed by atoms with Gasteiger partial charge in [-0.1, -0.05) is 0 Å². The fourth-order valence-electron chi connectivity index (χ4n) is 1.76. The van der Waals surface area contributed by atoms with E-state index in [0.29, 0.717) is 39.0 Å². The molecule has 0 aliphatic carbocycles. The van der Waals surface area contributed by atoms with Gasteiger partial charge in [0.1, 0.15) is 0 Å². The van der Waals surface area contributed by atoms with Gasteiger partial charge in [-0.15, -0.1) is 0 Å². The van der Waals surface area contributed by atoms with Crippen LogP contribution in [-0.4, -0.2) is 59.0 Å². The topological polar surface area (TPSA) is 60.9 Å². The summed E-state index contributed by atoms with van der Waals surface area (Å²) in [5.74, 6) is 0.139. The molecular weight excluding hydrogens is 208 g/mol. The minimum Gasteiger partial charge on any atom is -0.393 e. The summed E-state index contributed by atoms with van der Waals surface area (Å²) >= 11 is 0. The number of hydrogen-bond donors (Lipinski definition) is 1. The van der Waals surface area contributed by atoms with E-state index in [9.17, 15) is 9.59 Å². The Hall–Kier alpha value is -1.10. The van der Waals surface area contributed by atoms with Crippen molar-refractivity contribution in [2.45, 2.75) is 32.8 Å². The molecule has 1 heterocycles. The predicted octanol–water partition coefficient (Wildman–Crippen LogP) is -0.162. The van der Waals surface area contributed by atoms with E-state index >= 15 is 0 Å². The molecule has 5 nitrogen and oxygen atoms in total. The molecule has 0 saturated carbocycles. The Bertz CT molecular complexity index is 258. The van der Waals surface area contributed by atoms with Crippen LogP contribution in [-0.2, 0) is 9.59 Å². The molecule has 1 unspecified atom stereocenters. The van der Waals surface area contributed by atoms with Crippen LogP contribution in [0.1, 0.15) is 26.7 Å². The van der Waals surface area contributed by atoms with Gasteiger partial charge in [-0.25, -0.2) is 0 Å². The largest absolute Gasteiger partial charge is 0.393 e. The number of piperazine rings is 1. The van der Waals surface area contributed by atoms with Gasteiger partial charge in [0.05, 0.1) is 6.10 Å². The first-order valence-corrected chi connectivity index (χ1v) is 5.72. The first-order chi connectivity index (χ1) is 7.50. The van der Waals surface area contributed by atoms with Crippen molar-refractivity contribution in [2.75, 3.05) is 26.2 Å². The van der Waals surface area contributed by atoms with E-state index in [1.54, 1.807) is 23.6 Å². The van der Waals surface area contributed by atoms with Gasteiger partial charge in [0, 0.05) is 39.5 Å². The third-order valence-electron chi connectivity index (χ3n) is 2.85. The first kappa shape index (κ1) is 13.0. The smallest absolute Gasteiger partial charge is 0.222 e. The standard InChI is InChI=1S/C11H20N2O3/c1-9(14)3-4-11(16)13-7-5-12(6-8-13)10(2)15/h9,14H,3-8H2,1-2H3. The Balaban J connectivity index is 2.30. The summed E-state index contributed by atoms with van der Waals surface area (Å²) in [5.41, 5.74) is 0. The van der Waals surface area contributed by atoms with Crippen LogP contribution in [0.25, 0.3) is 0 Å². The van der Waals surface area contributed by atoms with Crippen LogP contribution >= 0.6 is 0 Å². The monoisotopic (exact) mass is 228 g/mol. The molecule has 1 saturated heterocycles. The normalized spacial score (nSPS) is 18.4. The van der Waals surface area contributed by atoms with Crippen LogP contribution < -0.4 is 0 Å². The molecule has 0 bridgehead atoms. The zero-order chi connectivity index (χ0) is 12.1. The molecular formula is C11H20N2O3. The molecule has 0 spiro atoms. The quantitative estimate of drug-likeness (QED) is 0.730. The lowest BCUT2D eigenvalue weighted by Crippen LogP contribution is -2.50. The van der Waals surface area contributed by atoms with Gasteiger partial charge in [-0.05, 0) is 13.3 Å². The van der Waals surface area contributed by atoms with Crippen molar-refractivity contribution in [1.82, 2.24) is 9.80 Å². The van der Waals surface area contributed by atoms with E-state index in [1.165, 1.54) is 0 Å². The highest BCUT2D eigenvalue weighted by atomic mass is 16.3. The van der Waals surface area contributed by atoms with Crippen LogP contribution in [0, 0.1) is 0 Å². The van der Waals surface area contributed by atoms with Gasteiger partial charge < -0.3 is 14.9 Å². The average Bonchev–Trinajstić information content (AvgIpc) is 2.26. The second kappa shape index (κ2) is 5.84. The van der Waals surface area contributed by atoms with Gasteiger partial charge >= 0.3 is 0 Å². The maximum atomic E-state index is 11.7. The van der Waals surface area contributed by atoms with Crippen LogP contribution in [0.15, 0.2) is 0 Å². The summed E-state index contributed by atoms with van der Waals surface area (Å²) in [6.07, 6.45) is 0.464. The Morgan fingerprint density at radius 3 is 2.12 bits per heavy atom. The summed E-state index contributed by atoms with van der Waals surface area (Å²) in [5, 5.41) is 9.09. The van der Waals surface area contributed by atoms with Crippen molar-refractivity contribution in [3.8, 4) is 0 Å². The van der Waals surface area contributed by atoms with Crippen molar-refractivity contribution in [3.05, 3.63) is 0 Å². The summed E-state index contributed by atoms with van der Waals surface area (Å²) < 4.78 is 0. The second-order valence-corrected chi connectivity index (χ2v) is 4.27. The molecule has 0 aromatic rings. The maximum absolute atomic E-state index is 11.7. The minimum atomic E-state index is -0.428. The molecule has 1 rings (SSSR count). The molecule has 1 aliphatic heterocycles. The molecule has 1 aliphatic rings. The third-order valence-corrected chi connectivity index (χ3v) is 2.85. The number of amides is 2. The van der Waals surface area contributed by atoms with E-state index in [4.69, 9.17) is 5.11 Å². The van der Waals surface area contributed by atoms with E-state index in [1.807, 2.05) is 0 Å². The summed E-state index contributed by atoms with van der Waals surface area (Å²) in [6.45, 7) is 5.69. The molecule has 0 radical (unpaired) electrons. The highest BCUT2D eigenvalue weighted by Crippen LogP contribution is 2.06. The molecule has 92 valence electrons. The molecule has 1 N–H and O–H groups in total. The number of rotatable bonds is 3. The van der Waals surface area contributed by atoms with Crippen molar-refractivity contribution in [2.24, 2.45) is 0 Å². The number of aliphatic hydroxyl groups is 1. The Morgan fingerprint density at radius 2 is 1.69 bits per heavy atom. The number of hydrogen-bond acceptors (Lipinski definition) is 3. The maximum Gasteiger partial charge on any atom is 0.222 e. The summed E-state index contributed by atoms with van der Waals surface area (Å²) in [6, 6.07) is 0. The Labute approximate surface area is 96.0 Å². The highest BCUT2D eigenvalue weighted by molar-refractivity contribution is 5.77. The predicted molar refractivity (Wildman–Crippen MR) is 59.7 cm³/mol. The summed E-state index contributed by atoms with van der Waals surface area (Å²) in [4.78, 5) is 26.3. The van der Waals surface area contributed by atoms with Gasteiger partial charge in [-0.3, -0.25) is 9.59 Å². The van der Waals surface area contributed by atoms with Gasteiger partial charge in [-0.2, -0.15) is 0 Å². The van der Waals surface area contributed by atoms with Gasteiger partial charge in [0.25, 0.3) is 0 Å². The molecule has 1 atom stereocenters. The molecule has 0 aromatic carbocycles. The van der Waals surface area contributed by atoms with Crippen molar-refractivity contribution in [3.63, 3.8) is 0 Å². The van der Waals surface area contributed by atoms with E-state index < -0.39 is 6.10 Å². The van der Waals surface area contributed by atoms with E-state index in [2.05, 4.69) is 0 Å². The lowest BCUT2D eigenvalue weighted by Gasteiger charge is -2.34. The van der Waals surface area contributed by atoms with E-state index in [-0.39, 0.29) is 11.8 Å². The van der Waals surface area contributed by atoms with Gasteiger partial charge in [0.15, 0.2) is 0 Å². The molecule has 2 amide bonds. The fraction of sp³-hybridized carbons (Fsp3) is 0.818. The zero-order valence-corrected chi connectivity index (χ0v) is 9.98. The van der Waals surface area contributed by atoms with Gasteiger partial charge in [0.2, 0.25) is 11.8 Å². The minimum absolute atomic E-state index is 0.0658. The molecule has 1 fully saturated rings. The highest BCUT2D eigenvalue weighted by Gasteiger charge is 2.21. The van der Waals surface area contributed by atoms with Crippen LogP contribution in [0.4, 0.5) is 0 Å². The summed E-state index contributed by atoms with van der Waals surface area (Å²) in [7, 11) is 0. The number of carbonyl (C=O) groups excluding carboxylic acids is 2. The number of aliphatic hydroxyl groups excluding tert-OH is 1. The Kier molecular flexibility index (Phi) is 4.73. The van der Waals surface area contributed by atoms with Crippen LogP contribution in [0.3, 0.4) is 0 Å². The van der Waals surface area contributed by atoms with Crippen LogP contribution in [0.5, 0.6) is 0 Å².